The molecule has 22 heavy (non-hydrogen) atoms. The van der Waals surface area contributed by atoms with Crippen LogP contribution in [0.4, 0.5) is 0 Å². The number of likely N-dealkylation sites (tertiary alicyclic amines) is 1. The van der Waals surface area contributed by atoms with Crippen LogP contribution in [0.1, 0.15) is 22.7 Å². The van der Waals surface area contributed by atoms with E-state index in [1.807, 2.05) is 18.5 Å². The molecule has 3 heterocycles. The van der Waals surface area contributed by atoms with Gasteiger partial charge >= 0.3 is 0 Å². The fraction of sp³-hybridized carbons (Fsp3) is 0.529. The van der Waals surface area contributed by atoms with Crippen LogP contribution in [-0.4, -0.2) is 46.4 Å². The summed E-state index contributed by atoms with van der Waals surface area (Å²) < 4.78 is 0. The lowest BCUT2D eigenvalue weighted by Crippen LogP contribution is -2.28. The predicted octanol–water partition coefficient (Wildman–Crippen LogP) is 2.80. The van der Waals surface area contributed by atoms with Crippen molar-refractivity contribution in [2.75, 3.05) is 26.7 Å². The molecule has 1 unspecified atom stereocenters. The van der Waals surface area contributed by atoms with Gasteiger partial charge in [0.1, 0.15) is 5.01 Å². The van der Waals surface area contributed by atoms with E-state index in [1.54, 1.807) is 11.3 Å². The fourth-order valence-corrected chi connectivity index (χ4v) is 3.99. The highest BCUT2D eigenvalue weighted by Crippen LogP contribution is 2.21. The van der Waals surface area contributed by atoms with Gasteiger partial charge in [0.2, 0.25) is 0 Å². The molecule has 0 spiro atoms. The summed E-state index contributed by atoms with van der Waals surface area (Å²) in [7, 11) is 2.21. The Bertz CT molecular complexity index is 583. The molecule has 1 aliphatic rings. The summed E-state index contributed by atoms with van der Waals surface area (Å²) in [6.07, 6.45) is 5.09. The van der Waals surface area contributed by atoms with Crippen LogP contribution >= 0.6 is 11.3 Å². The third kappa shape index (κ3) is 4.35. The Kier molecular flexibility index (Phi) is 5.18. The Hall–Kier alpha value is -1.30. The maximum absolute atomic E-state index is 4.58. The van der Waals surface area contributed by atoms with Gasteiger partial charge in [-0.15, -0.1) is 11.3 Å². The number of pyridine rings is 1. The van der Waals surface area contributed by atoms with E-state index in [2.05, 4.69) is 45.2 Å². The third-order valence-electron chi connectivity index (χ3n) is 4.14. The van der Waals surface area contributed by atoms with Crippen molar-refractivity contribution in [1.82, 2.24) is 19.8 Å². The molecule has 3 rings (SSSR count). The molecular weight excluding hydrogens is 292 g/mol. The number of rotatable bonds is 6. The van der Waals surface area contributed by atoms with Crippen molar-refractivity contribution in [2.45, 2.75) is 26.4 Å². The summed E-state index contributed by atoms with van der Waals surface area (Å²) in [6, 6.07) is 4.16. The molecule has 5 heteroatoms. The zero-order chi connectivity index (χ0) is 15.4. The first-order valence-corrected chi connectivity index (χ1v) is 8.78. The zero-order valence-electron chi connectivity index (χ0n) is 13.4. The molecule has 4 nitrogen and oxygen atoms in total. The SMILES string of the molecule is Cc1csc(CN2CCC(CN(C)Cc3cccnc3)C2)n1. The molecule has 1 atom stereocenters. The summed E-state index contributed by atoms with van der Waals surface area (Å²) in [6.45, 7) is 7.61. The van der Waals surface area contributed by atoms with Gasteiger partial charge in [-0.25, -0.2) is 4.98 Å². The molecule has 0 bridgehead atoms. The number of hydrogen-bond acceptors (Lipinski definition) is 5. The minimum atomic E-state index is 0.766. The second kappa shape index (κ2) is 7.31. The fourth-order valence-electron chi connectivity index (χ4n) is 3.18. The molecule has 1 aliphatic heterocycles. The van der Waals surface area contributed by atoms with Crippen LogP contribution in [0.5, 0.6) is 0 Å². The Morgan fingerprint density at radius 1 is 1.45 bits per heavy atom. The normalized spacial score (nSPS) is 19.1. The van der Waals surface area contributed by atoms with Crippen molar-refractivity contribution in [2.24, 2.45) is 5.92 Å². The maximum atomic E-state index is 4.58. The highest BCUT2D eigenvalue weighted by Gasteiger charge is 2.24. The van der Waals surface area contributed by atoms with Crippen LogP contribution in [0.3, 0.4) is 0 Å². The topological polar surface area (TPSA) is 32.3 Å². The Balaban J connectivity index is 1.44. The molecule has 1 saturated heterocycles. The summed E-state index contributed by atoms with van der Waals surface area (Å²) >= 11 is 1.78. The van der Waals surface area contributed by atoms with Gasteiger partial charge in [-0.3, -0.25) is 9.88 Å². The predicted molar refractivity (Wildman–Crippen MR) is 90.8 cm³/mol. The van der Waals surface area contributed by atoms with E-state index in [0.29, 0.717) is 0 Å². The van der Waals surface area contributed by atoms with E-state index in [0.717, 1.165) is 31.2 Å². The molecule has 0 aliphatic carbocycles. The Morgan fingerprint density at radius 2 is 2.36 bits per heavy atom. The summed E-state index contributed by atoms with van der Waals surface area (Å²) in [5, 5.41) is 3.40. The van der Waals surface area contributed by atoms with Gasteiger partial charge in [-0.05, 0) is 44.5 Å². The molecule has 2 aromatic rings. The van der Waals surface area contributed by atoms with Crippen LogP contribution in [0.15, 0.2) is 29.9 Å². The van der Waals surface area contributed by atoms with E-state index >= 15 is 0 Å². The maximum Gasteiger partial charge on any atom is 0.107 e. The Morgan fingerprint density at radius 3 is 3.09 bits per heavy atom. The molecule has 2 aromatic heterocycles. The van der Waals surface area contributed by atoms with Gasteiger partial charge in [0, 0.05) is 43.1 Å². The smallest absolute Gasteiger partial charge is 0.107 e. The zero-order valence-corrected chi connectivity index (χ0v) is 14.2. The molecule has 0 radical (unpaired) electrons. The second-order valence-electron chi connectivity index (χ2n) is 6.33. The number of thiazole rings is 1. The molecule has 0 N–H and O–H groups in total. The number of hydrogen-bond donors (Lipinski definition) is 0. The first kappa shape index (κ1) is 15.6. The van der Waals surface area contributed by atoms with Crippen LogP contribution in [-0.2, 0) is 13.1 Å². The van der Waals surface area contributed by atoms with Gasteiger partial charge < -0.3 is 4.90 Å². The van der Waals surface area contributed by atoms with Crippen molar-refractivity contribution in [3.05, 3.63) is 46.2 Å². The molecule has 0 saturated carbocycles. The lowest BCUT2D eigenvalue weighted by Gasteiger charge is -2.21. The highest BCUT2D eigenvalue weighted by molar-refractivity contribution is 7.09. The molecule has 0 aromatic carbocycles. The van der Waals surface area contributed by atoms with Gasteiger partial charge in [0.05, 0.1) is 6.54 Å². The van der Waals surface area contributed by atoms with Crippen molar-refractivity contribution in [1.29, 1.82) is 0 Å². The van der Waals surface area contributed by atoms with Crippen molar-refractivity contribution in [3.63, 3.8) is 0 Å². The minimum absolute atomic E-state index is 0.766. The van der Waals surface area contributed by atoms with Gasteiger partial charge in [0.15, 0.2) is 0 Å². The summed E-state index contributed by atoms with van der Waals surface area (Å²) in [5.41, 5.74) is 2.44. The summed E-state index contributed by atoms with van der Waals surface area (Å²) in [5.74, 6) is 0.766. The lowest BCUT2D eigenvalue weighted by molar-refractivity contribution is 0.254. The first-order chi connectivity index (χ1) is 10.7. The lowest BCUT2D eigenvalue weighted by atomic mass is 10.1. The Labute approximate surface area is 136 Å². The third-order valence-corrected chi connectivity index (χ3v) is 5.09. The minimum Gasteiger partial charge on any atom is -0.302 e. The van der Waals surface area contributed by atoms with Crippen LogP contribution in [0.25, 0.3) is 0 Å². The van der Waals surface area contributed by atoms with E-state index in [-0.39, 0.29) is 0 Å². The van der Waals surface area contributed by atoms with Crippen LogP contribution in [0, 0.1) is 12.8 Å². The van der Waals surface area contributed by atoms with E-state index < -0.39 is 0 Å². The van der Waals surface area contributed by atoms with E-state index in [1.165, 1.54) is 30.1 Å². The van der Waals surface area contributed by atoms with E-state index in [4.69, 9.17) is 0 Å². The number of nitrogens with zero attached hydrogens (tertiary/aromatic N) is 4. The van der Waals surface area contributed by atoms with Crippen LogP contribution < -0.4 is 0 Å². The highest BCUT2D eigenvalue weighted by atomic mass is 32.1. The van der Waals surface area contributed by atoms with Gasteiger partial charge in [-0.2, -0.15) is 0 Å². The summed E-state index contributed by atoms with van der Waals surface area (Å²) in [4.78, 5) is 13.7. The number of aromatic nitrogens is 2. The standard InChI is InChI=1S/C17H24N4S/c1-14-13-22-17(19-14)12-21-7-5-16(11-21)10-20(2)9-15-4-3-6-18-8-15/h3-4,6,8,13,16H,5,7,9-12H2,1-2H3. The molecule has 1 fully saturated rings. The first-order valence-electron chi connectivity index (χ1n) is 7.90. The average Bonchev–Trinajstić information content (AvgIpc) is 3.09. The monoisotopic (exact) mass is 316 g/mol. The molecule has 0 amide bonds. The molecule has 118 valence electrons. The van der Waals surface area contributed by atoms with Gasteiger partial charge in [-0.1, -0.05) is 6.07 Å². The molecular formula is C17H24N4S. The quantitative estimate of drug-likeness (QED) is 0.820. The van der Waals surface area contributed by atoms with Crippen LogP contribution in [0.2, 0.25) is 0 Å². The van der Waals surface area contributed by atoms with Crippen molar-refractivity contribution in [3.8, 4) is 0 Å². The van der Waals surface area contributed by atoms with Crippen molar-refractivity contribution >= 4 is 11.3 Å². The second-order valence-corrected chi connectivity index (χ2v) is 7.27. The average molecular weight is 316 g/mol. The van der Waals surface area contributed by atoms with Crippen molar-refractivity contribution < 1.29 is 0 Å². The number of aryl methyl sites for hydroxylation is 1. The largest absolute Gasteiger partial charge is 0.302 e. The van der Waals surface area contributed by atoms with Gasteiger partial charge in [0.25, 0.3) is 0 Å². The van der Waals surface area contributed by atoms with E-state index in [9.17, 15) is 0 Å².